The highest BCUT2D eigenvalue weighted by molar-refractivity contribution is 5.96. The SMILES string of the molecule is COC(=O)c1ccc2nc(NC(=O)OC(C)(C)C)c3cncn3c2c1. The highest BCUT2D eigenvalue weighted by Gasteiger charge is 2.19. The Morgan fingerprint density at radius 2 is 1.96 bits per heavy atom. The first kappa shape index (κ1) is 16.7. The lowest BCUT2D eigenvalue weighted by Gasteiger charge is -2.19. The molecule has 0 bridgehead atoms. The molecule has 0 saturated heterocycles. The van der Waals surface area contributed by atoms with Gasteiger partial charge in [0.1, 0.15) is 11.1 Å². The minimum absolute atomic E-state index is 0.324. The Balaban J connectivity index is 2.07. The third-order valence-electron chi connectivity index (χ3n) is 3.39. The van der Waals surface area contributed by atoms with Crippen molar-refractivity contribution in [3.8, 4) is 0 Å². The number of fused-ring (bicyclic) bond motifs is 3. The molecular weight excluding hydrogens is 324 g/mol. The van der Waals surface area contributed by atoms with Crippen LogP contribution in [0.1, 0.15) is 31.1 Å². The average molecular weight is 342 g/mol. The maximum atomic E-state index is 12.0. The lowest BCUT2D eigenvalue weighted by molar-refractivity contribution is 0.0598. The zero-order chi connectivity index (χ0) is 18.2. The highest BCUT2D eigenvalue weighted by atomic mass is 16.6. The molecule has 0 unspecified atom stereocenters. The number of benzene rings is 1. The second kappa shape index (κ2) is 6.04. The summed E-state index contributed by atoms with van der Waals surface area (Å²) >= 11 is 0. The number of hydrogen-bond donors (Lipinski definition) is 1. The van der Waals surface area contributed by atoms with Gasteiger partial charge in [-0.15, -0.1) is 0 Å². The van der Waals surface area contributed by atoms with Crippen molar-refractivity contribution in [3.05, 3.63) is 36.3 Å². The van der Waals surface area contributed by atoms with E-state index in [9.17, 15) is 9.59 Å². The number of carbonyl (C=O) groups is 2. The number of imidazole rings is 1. The number of esters is 1. The average Bonchev–Trinajstić information content (AvgIpc) is 3.02. The second-order valence-electron chi connectivity index (χ2n) is 6.43. The van der Waals surface area contributed by atoms with Crippen molar-refractivity contribution >= 4 is 34.4 Å². The Morgan fingerprint density at radius 3 is 2.64 bits per heavy atom. The van der Waals surface area contributed by atoms with Crippen molar-refractivity contribution in [2.45, 2.75) is 26.4 Å². The van der Waals surface area contributed by atoms with Crippen molar-refractivity contribution in [2.24, 2.45) is 0 Å². The predicted molar refractivity (Wildman–Crippen MR) is 91.7 cm³/mol. The van der Waals surface area contributed by atoms with E-state index >= 15 is 0 Å². The molecule has 8 heteroatoms. The summed E-state index contributed by atoms with van der Waals surface area (Å²) in [6.45, 7) is 5.34. The predicted octanol–water partition coefficient (Wildman–Crippen LogP) is 3.02. The van der Waals surface area contributed by atoms with Gasteiger partial charge in [-0.25, -0.2) is 19.6 Å². The molecule has 3 rings (SSSR count). The molecule has 3 aromatic rings. The number of nitrogens with zero attached hydrogens (tertiary/aromatic N) is 3. The van der Waals surface area contributed by atoms with Crippen LogP contribution in [0.5, 0.6) is 0 Å². The molecule has 0 aliphatic heterocycles. The Labute approximate surface area is 143 Å². The van der Waals surface area contributed by atoms with Gasteiger partial charge in [-0.1, -0.05) is 0 Å². The van der Waals surface area contributed by atoms with Gasteiger partial charge in [0, 0.05) is 0 Å². The van der Waals surface area contributed by atoms with Gasteiger partial charge in [-0.3, -0.25) is 9.72 Å². The Morgan fingerprint density at radius 1 is 1.20 bits per heavy atom. The van der Waals surface area contributed by atoms with Gasteiger partial charge >= 0.3 is 12.1 Å². The number of anilines is 1. The maximum absolute atomic E-state index is 12.0. The summed E-state index contributed by atoms with van der Waals surface area (Å²) in [7, 11) is 1.32. The topological polar surface area (TPSA) is 94.8 Å². The smallest absolute Gasteiger partial charge is 0.413 e. The number of carbonyl (C=O) groups excluding carboxylic acids is 2. The number of nitrogens with one attached hydrogen (secondary N) is 1. The molecule has 1 aromatic carbocycles. The molecule has 0 aliphatic rings. The molecule has 25 heavy (non-hydrogen) atoms. The molecule has 0 aliphatic carbocycles. The fraction of sp³-hybridized carbons (Fsp3) is 0.294. The number of amides is 1. The van der Waals surface area contributed by atoms with Gasteiger partial charge < -0.3 is 9.47 Å². The van der Waals surface area contributed by atoms with E-state index in [0.29, 0.717) is 27.9 Å². The van der Waals surface area contributed by atoms with Crippen LogP contribution in [0.4, 0.5) is 10.6 Å². The van der Waals surface area contributed by atoms with E-state index in [2.05, 4.69) is 15.3 Å². The summed E-state index contributed by atoms with van der Waals surface area (Å²) in [6.07, 6.45) is 2.55. The molecule has 0 radical (unpaired) electrons. The summed E-state index contributed by atoms with van der Waals surface area (Å²) < 4.78 is 11.7. The highest BCUT2D eigenvalue weighted by Crippen LogP contribution is 2.23. The molecule has 0 atom stereocenters. The summed E-state index contributed by atoms with van der Waals surface area (Å²) in [5.41, 5.74) is 1.63. The van der Waals surface area contributed by atoms with Crippen LogP contribution in [0.15, 0.2) is 30.7 Å². The van der Waals surface area contributed by atoms with E-state index in [1.165, 1.54) is 7.11 Å². The van der Waals surface area contributed by atoms with Crippen LogP contribution >= 0.6 is 0 Å². The first-order chi connectivity index (χ1) is 11.8. The number of methoxy groups -OCH3 is 1. The van der Waals surface area contributed by atoms with Gasteiger partial charge in [0.05, 0.1) is 36.2 Å². The van der Waals surface area contributed by atoms with Crippen molar-refractivity contribution in [1.82, 2.24) is 14.4 Å². The number of aromatic nitrogens is 3. The number of hydrogen-bond acceptors (Lipinski definition) is 6. The van der Waals surface area contributed by atoms with Crippen LogP contribution in [-0.4, -0.2) is 39.1 Å². The molecule has 0 fully saturated rings. The molecule has 0 saturated carbocycles. The molecule has 0 spiro atoms. The van der Waals surface area contributed by atoms with Crippen molar-refractivity contribution in [2.75, 3.05) is 12.4 Å². The summed E-state index contributed by atoms with van der Waals surface area (Å²) in [6, 6.07) is 4.96. The van der Waals surface area contributed by atoms with E-state index in [4.69, 9.17) is 9.47 Å². The van der Waals surface area contributed by atoms with E-state index in [1.807, 2.05) is 0 Å². The van der Waals surface area contributed by atoms with E-state index in [-0.39, 0.29) is 0 Å². The largest absolute Gasteiger partial charge is 0.465 e. The Kier molecular flexibility index (Phi) is 4.03. The van der Waals surface area contributed by atoms with Crippen LogP contribution in [0.25, 0.3) is 16.6 Å². The Bertz CT molecular complexity index is 972. The maximum Gasteiger partial charge on any atom is 0.413 e. The monoisotopic (exact) mass is 342 g/mol. The zero-order valence-electron chi connectivity index (χ0n) is 14.4. The number of rotatable bonds is 2. The van der Waals surface area contributed by atoms with Gasteiger partial charge in [-0.2, -0.15) is 0 Å². The van der Waals surface area contributed by atoms with Crippen LogP contribution in [0, 0.1) is 0 Å². The standard InChI is InChI=1S/C17H18N4O4/c1-17(2,3)25-16(23)20-14-13-8-18-9-21(13)12-7-10(15(22)24-4)5-6-11(12)19-14/h5-9H,1-4H3,(H,19,20,23). The summed E-state index contributed by atoms with van der Waals surface area (Å²) in [5, 5.41) is 2.64. The third kappa shape index (κ3) is 3.37. The van der Waals surface area contributed by atoms with E-state index < -0.39 is 17.7 Å². The summed E-state index contributed by atoms with van der Waals surface area (Å²) in [4.78, 5) is 32.3. The molecule has 1 N–H and O–H groups in total. The molecule has 1 amide bonds. The van der Waals surface area contributed by atoms with Crippen molar-refractivity contribution in [3.63, 3.8) is 0 Å². The molecular formula is C17H18N4O4. The Hall–Kier alpha value is -3.16. The van der Waals surface area contributed by atoms with Gasteiger partial charge in [0.2, 0.25) is 0 Å². The number of ether oxygens (including phenoxy) is 2. The fourth-order valence-electron chi connectivity index (χ4n) is 2.39. The lowest BCUT2D eigenvalue weighted by Crippen LogP contribution is -2.27. The normalized spacial score (nSPS) is 11.5. The van der Waals surface area contributed by atoms with Crippen molar-refractivity contribution < 1.29 is 19.1 Å². The first-order valence-corrected chi connectivity index (χ1v) is 7.62. The first-order valence-electron chi connectivity index (χ1n) is 7.62. The minimum atomic E-state index is -0.618. The van der Waals surface area contributed by atoms with Gasteiger partial charge in [0.25, 0.3) is 0 Å². The van der Waals surface area contributed by atoms with Gasteiger partial charge in [-0.05, 0) is 39.0 Å². The molecule has 2 heterocycles. The summed E-state index contributed by atoms with van der Waals surface area (Å²) in [5.74, 6) is -0.115. The van der Waals surface area contributed by atoms with E-state index in [1.54, 1.807) is 55.9 Å². The zero-order valence-corrected chi connectivity index (χ0v) is 14.4. The van der Waals surface area contributed by atoms with Crippen molar-refractivity contribution in [1.29, 1.82) is 0 Å². The minimum Gasteiger partial charge on any atom is -0.465 e. The fourth-order valence-corrected chi connectivity index (χ4v) is 2.39. The molecule has 8 nitrogen and oxygen atoms in total. The van der Waals surface area contributed by atoms with Crippen LogP contribution in [0.3, 0.4) is 0 Å². The molecule has 130 valence electrons. The van der Waals surface area contributed by atoms with Crippen LogP contribution < -0.4 is 5.32 Å². The van der Waals surface area contributed by atoms with Gasteiger partial charge in [0.15, 0.2) is 5.82 Å². The third-order valence-corrected chi connectivity index (χ3v) is 3.39. The van der Waals surface area contributed by atoms with E-state index in [0.717, 1.165) is 0 Å². The van der Waals surface area contributed by atoms with Crippen LogP contribution in [-0.2, 0) is 9.47 Å². The quantitative estimate of drug-likeness (QED) is 0.719. The van der Waals surface area contributed by atoms with Crippen LogP contribution in [0.2, 0.25) is 0 Å². The molecule has 2 aromatic heterocycles. The lowest BCUT2D eigenvalue weighted by atomic mass is 10.2. The second-order valence-corrected chi connectivity index (χ2v) is 6.43.